The summed E-state index contributed by atoms with van der Waals surface area (Å²) < 4.78 is 10.7. The summed E-state index contributed by atoms with van der Waals surface area (Å²) in [7, 11) is 1.67. The molecule has 8 nitrogen and oxygen atoms in total. The normalized spacial score (nSPS) is 16.4. The number of ether oxygens (including phenoxy) is 1. The molecule has 0 unspecified atom stereocenters. The van der Waals surface area contributed by atoms with Crippen LogP contribution < -0.4 is 14.5 Å². The van der Waals surface area contributed by atoms with Crippen molar-refractivity contribution in [3.05, 3.63) is 54.4 Å². The van der Waals surface area contributed by atoms with Gasteiger partial charge in [0.05, 0.1) is 7.11 Å². The van der Waals surface area contributed by atoms with Crippen LogP contribution in [0, 0.1) is 0 Å². The fourth-order valence-electron chi connectivity index (χ4n) is 4.83. The highest BCUT2D eigenvalue weighted by Gasteiger charge is 2.22. The average molecular weight is 476 g/mol. The number of piperazine rings is 1. The molecule has 5 rings (SSSR count). The molecule has 184 valence electrons. The number of nitrogens with zero attached hydrogens (tertiary/aromatic N) is 5. The van der Waals surface area contributed by atoms with Gasteiger partial charge in [-0.1, -0.05) is 5.16 Å². The van der Waals surface area contributed by atoms with Crippen molar-refractivity contribution in [1.82, 2.24) is 15.0 Å². The minimum Gasteiger partial charge on any atom is -0.497 e. The summed E-state index contributed by atoms with van der Waals surface area (Å²) in [5.41, 5.74) is 3.33. The molecule has 0 saturated carbocycles. The lowest BCUT2D eigenvalue weighted by Gasteiger charge is -2.36. The molecular formula is C27H33N5O3. The lowest BCUT2D eigenvalue weighted by atomic mass is 10.1. The monoisotopic (exact) mass is 475 g/mol. The maximum Gasteiger partial charge on any atom is 0.227 e. The molecule has 2 fully saturated rings. The zero-order chi connectivity index (χ0) is 24.0. The second kappa shape index (κ2) is 10.8. The van der Waals surface area contributed by atoms with Crippen molar-refractivity contribution in [3.8, 4) is 17.1 Å². The van der Waals surface area contributed by atoms with Crippen molar-refractivity contribution in [2.75, 3.05) is 56.2 Å². The van der Waals surface area contributed by atoms with Crippen LogP contribution in [0.3, 0.4) is 0 Å². The van der Waals surface area contributed by atoms with Crippen LogP contribution in [0.2, 0.25) is 0 Å². The summed E-state index contributed by atoms with van der Waals surface area (Å²) in [4.78, 5) is 23.9. The Morgan fingerprint density at radius 2 is 1.49 bits per heavy atom. The molecule has 2 saturated heterocycles. The highest BCUT2D eigenvalue weighted by atomic mass is 16.5. The molecule has 8 heteroatoms. The van der Waals surface area contributed by atoms with Gasteiger partial charge in [-0.3, -0.25) is 4.79 Å². The predicted octanol–water partition coefficient (Wildman–Crippen LogP) is 4.02. The Labute approximate surface area is 206 Å². The topological polar surface area (TPSA) is 74.9 Å². The molecule has 0 aliphatic carbocycles. The zero-order valence-corrected chi connectivity index (χ0v) is 20.4. The molecule has 3 aromatic rings. The molecule has 2 aliphatic heterocycles. The predicted molar refractivity (Wildman–Crippen MR) is 136 cm³/mol. The Morgan fingerprint density at radius 3 is 2.14 bits per heavy atom. The zero-order valence-electron chi connectivity index (χ0n) is 20.4. The lowest BCUT2D eigenvalue weighted by Crippen LogP contribution is -2.48. The number of carbonyl (C=O) groups is 1. The molecule has 1 aromatic heterocycles. The van der Waals surface area contributed by atoms with Crippen LogP contribution >= 0.6 is 0 Å². The van der Waals surface area contributed by atoms with E-state index < -0.39 is 0 Å². The molecule has 3 heterocycles. The molecule has 0 radical (unpaired) electrons. The first-order valence-corrected chi connectivity index (χ1v) is 12.5. The van der Waals surface area contributed by atoms with E-state index in [9.17, 15) is 4.79 Å². The molecule has 0 bridgehead atoms. The average Bonchev–Trinajstić information content (AvgIpc) is 3.42. The van der Waals surface area contributed by atoms with Gasteiger partial charge in [-0.15, -0.1) is 0 Å². The van der Waals surface area contributed by atoms with Gasteiger partial charge in [0.25, 0.3) is 0 Å². The quantitative estimate of drug-likeness (QED) is 0.511. The van der Waals surface area contributed by atoms with Crippen LogP contribution in [0.25, 0.3) is 11.4 Å². The number of carbonyl (C=O) groups excluding carboxylic acids is 1. The molecule has 35 heavy (non-hydrogen) atoms. The highest BCUT2D eigenvalue weighted by molar-refractivity contribution is 5.76. The summed E-state index contributed by atoms with van der Waals surface area (Å²) in [5, 5.41) is 4.13. The smallest absolute Gasteiger partial charge is 0.227 e. The Kier molecular flexibility index (Phi) is 7.16. The maximum absolute atomic E-state index is 12.8. The molecule has 0 atom stereocenters. The van der Waals surface area contributed by atoms with Gasteiger partial charge in [0.1, 0.15) is 5.75 Å². The second-order valence-electron chi connectivity index (χ2n) is 9.17. The minimum absolute atomic E-state index is 0.130. The SMILES string of the molecule is COc1ccc(N2CCN(C(=O)CCc3nc(-c4ccc(N5CCCCC5)cc4)no3)CC2)cc1. The van der Waals surface area contributed by atoms with Gasteiger partial charge < -0.3 is 24.0 Å². The van der Waals surface area contributed by atoms with E-state index in [0.29, 0.717) is 37.6 Å². The van der Waals surface area contributed by atoms with Crippen LogP contribution in [0.5, 0.6) is 5.75 Å². The Bertz CT molecular complexity index is 1100. The van der Waals surface area contributed by atoms with Crippen molar-refractivity contribution in [2.45, 2.75) is 32.1 Å². The van der Waals surface area contributed by atoms with Crippen molar-refractivity contribution >= 4 is 17.3 Å². The fraction of sp³-hybridized carbons (Fsp3) is 0.444. The van der Waals surface area contributed by atoms with Gasteiger partial charge in [0.2, 0.25) is 17.6 Å². The first-order chi connectivity index (χ1) is 17.2. The van der Waals surface area contributed by atoms with E-state index in [-0.39, 0.29) is 5.91 Å². The Hall–Kier alpha value is -3.55. The van der Waals surface area contributed by atoms with Crippen molar-refractivity contribution in [1.29, 1.82) is 0 Å². The number of amides is 1. The molecule has 2 aliphatic rings. The van der Waals surface area contributed by atoms with E-state index in [4.69, 9.17) is 9.26 Å². The third-order valence-corrected chi connectivity index (χ3v) is 6.94. The van der Waals surface area contributed by atoms with Crippen molar-refractivity contribution in [3.63, 3.8) is 0 Å². The maximum atomic E-state index is 12.8. The third-order valence-electron chi connectivity index (χ3n) is 6.94. The molecule has 0 N–H and O–H groups in total. The van der Waals surface area contributed by atoms with Crippen LogP contribution in [-0.2, 0) is 11.2 Å². The third kappa shape index (κ3) is 5.58. The Morgan fingerprint density at radius 1 is 0.857 bits per heavy atom. The van der Waals surface area contributed by atoms with Gasteiger partial charge in [-0.25, -0.2) is 0 Å². The number of aryl methyl sites for hydroxylation is 1. The van der Waals surface area contributed by atoms with Crippen LogP contribution in [0.15, 0.2) is 53.1 Å². The van der Waals surface area contributed by atoms with E-state index in [1.165, 1.54) is 24.9 Å². The molecule has 1 amide bonds. The number of benzene rings is 2. The number of rotatable bonds is 7. The molecule has 2 aromatic carbocycles. The van der Waals surface area contributed by atoms with Gasteiger partial charge in [0.15, 0.2) is 0 Å². The number of methoxy groups -OCH3 is 1. The number of aromatic nitrogens is 2. The van der Waals surface area contributed by atoms with Gasteiger partial charge in [-0.05, 0) is 67.8 Å². The number of hydrogen-bond donors (Lipinski definition) is 0. The number of anilines is 2. The van der Waals surface area contributed by atoms with Crippen LogP contribution in [0.4, 0.5) is 11.4 Å². The lowest BCUT2D eigenvalue weighted by molar-refractivity contribution is -0.131. The number of piperidine rings is 1. The van der Waals surface area contributed by atoms with Crippen LogP contribution in [0.1, 0.15) is 31.6 Å². The minimum atomic E-state index is 0.130. The van der Waals surface area contributed by atoms with Gasteiger partial charge in [-0.2, -0.15) is 4.98 Å². The first-order valence-electron chi connectivity index (χ1n) is 12.5. The van der Waals surface area contributed by atoms with Crippen molar-refractivity contribution < 1.29 is 14.1 Å². The number of hydrogen-bond acceptors (Lipinski definition) is 7. The molecular weight excluding hydrogens is 442 g/mol. The summed E-state index contributed by atoms with van der Waals surface area (Å²) in [6.07, 6.45) is 4.66. The fourth-order valence-corrected chi connectivity index (χ4v) is 4.83. The largest absolute Gasteiger partial charge is 0.497 e. The van der Waals surface area contributed by atoms with Crippen LogP contribution in [-0.4, -0.2) is 67.3 Å². The van der Waals surface area contributed by atoms with E-state index in [2.05, 4.69) is 44.2 Å². The van der Waals surface area contributed by atoms with E-state index >= 15 is 0 Å². The van der Waals surface area contributed by atoms with Gasteiger partial charge >= 0.3 is 0 Å². The van der Waals surface area contributed by atoms with E-state index in [1.54, 1.807) is 7.11 Å². The summed E-state index contributed by atoms with van der Waals surface area (Å²) in [6.45, 7) is 5.30. The summed E-state index contributed by atoms with van der Waals surface area (Å²) in [5.74, 6) is 2.06. The summed E-state index contributed by atoms with van der Waals surface area (Å²) >= 11 is 0. The summed E-state index contributed by atoms with van der Waals surface area (Å²) in [6, 6.07) is 16.4. The standard InChI is InChI=1S/C27H33N5O3/c1-34-24-11-9-23(10-12-24)31-17-19-32(20-18-31)26(33)14-13-25-28-27(29-35-25)21-5-7-22(8-6-21)30-15-3-2-4-16-30/h5-12H,2-4,13-20H2,1H3. The second-order valence-corrected chi connectivity index (χ2v) is 9.17. The first kappa shape index (κ1) is 23.2. The Balaban J connectivity index is 1.10. The van der Waals surface area contributed by atoms with E-state index in [1.807, 2.05) is 29.2 Å². The molecule has 0 spiro atoms. The van der Waals surface area contributed by atoms with Gasteiger partial charge in [0, 0.05) is 69.0 Å². The van der Waals surface area contributed by atoms with E-state index in [0.717, 1.165) is 43.2 Å². The van der Waals surface area contributed by atoms with Crippen molar-refractivity contribution in [2.24, 2.45) is 0 Å². The highest BCUT2D eigenvalue weighted by Crippen LogP contribution is 2.24.